The van der Waals surface area contributed by atoms with E-state index in [2.05, 4.69) is 26.9 Å². The molecule has 3 heterocycles. The van der Waals surface area contributed by atoms with Crippen LogP contribution >= 0.6 is 11.3 Å². The van der Waals surface area contributed by atoms with Crippen LogP contribution in [0.1, 0.15) is 29.1 Å². The smallest absolute Gasteiger partial charge is 0.137 e. The van der Waals surface area contributed by atoms with Crippen LogP contribution in [-0.4, -0.2) is 37.2 Å². The molecule has 1 aliphatic heterocycles. The summed E-state index contributed by atoms with van der Waals surface area (Å²) in [6.45, 7) is 5.20. The molecule has 19 heavy (non-hydrogen) atoms. The second-order valence-electron chi connectivity index (χ2n) is 5.08. The Morgan fingerprint density at radius 2 is 2.37 bits per heavy atom. The molecule has 0 saturated carbocycles. The normalized spacial score (nSPS) is 20.8. The second kappa shape index (κ2) is 5.79. The highest BCUT2D eigenvalue weighted by molar-refractivity contribution is 7.11. The van der Waals surface area contributed by atoms with Crippen molar-refractivity contribution < 1.29 is 0 Å². The minimum absolute atomic E-state index is 0.567. The number of piperidine rings is 1. The van der Waals surface area contributed by atoms with Crippen LogP contribution in [0, 0.1) is 6.92 Å². The Hall–Kier alpha value is -1.27. The van der Waals surface area contributed by atoms with Crippen LogP contribution in [0.4, 0.5) is 0 Å². The maximum Gasteiger partial charge on any atom is 0.137 e. The molecule has 0 aliphatic carbocycles. The number of nitrogens with zero attached hydrogens (tertiary/aromatic N) is 5. The third-order valence-electron chi connectivity index (χ3n) is 3.64. The molecule has 1 saturated heterocycles. The lowest BCUT2D eigenvalue weighted by molar-refractivity contribution is 0.123. The van der Waals surface area contributed by atoms with Crippen molar-refractivity contribution in [2.45, 2.75) is 45.3 Å². The lowest BCUT2D eigenvalue weighted by Crippen LogP contribution is -2.41. The zero-order valence-electron chi connectivity index (χ0n) is 11.2. The van der Waals surface area contributed by atoms with Crippen molar-refractivity contribution in [3.05, 3.63) is 28.7 Å². The lowest BCUT2D eigenvalue weighted by atomic mass is 10.0. The van der Waals surface area contributed by atoms with E-state index < -0.39 is 0 Å². The molecule has 1 atom stereocenters. The molecule has 0 unspecified atom stereocenters. The zero-order chi connectivity index (χ0) is 13.1. The summed E-state index contributed by atoms with van der Waals surface area (Å²) in [6.07, 6.45) is 9.30. The number of rotatable bonds is 4. The van der Waals surface area contributed by atoms with Crippen LogP contribution in [0.15, 0.2) is 18.9 Å². The lowest BCUT2D eigenvalue weighted by Gasteiger charge is -2.35. The standard InChI is InChI=1S/C13H19N5S/c1-11-15-6-13(19-11)8-17-5-3-2-4-12(17)7-18-10-14-9-16-18/h6,9-10,12H,2-5,7-8H2,1H3/t12-/m0/s1. The van der Waals surface area contributed by atoms with Gasteiger partial charge in [0, 0.05) is 23.7 Å². The number of aryl methyl sites for hydroxylation is 1. The van der Waals surface area contributed by atoms with Crippen LogP contribution in [0.5, 0.6) is 0 Å². The van der Waals surface area contributed by atoms with Gasteiger partial charge in [-0.15, -0.1) is 11.3 Å². The summed E-state index contributed by atoms with van der Waals surface area (Å²) in [5.74, 6) is 0. The van der Waals surface area contributed by atoms with E-state index in [0.717, 1.165) is 18.1 Å². The van der Waals surface area contributed by atoms with Crippen molar-refractivity contribution in [1.29, 1.82) is 0 Å². The first kappa shape index (κ1) is 12.7. The number of aromatic nitrogens is 4. The maximum atomic E-state index is 4.35. The fraction of sp³-hybridized carbons (Fsp3) is 0.615. The predicted molar refractivity (Wildman–Crippen MR) is 74.9 cm³/mol. The molecule has 0 N–H and O–H groups in total. The fourth-order valence-corrected chi connectivity index (χ4v) is 3.52. The van der Waals surface area contributed by atoms with E-state index in [0.29, 0.717) is 6.04 Å². The van der Waals surface area contributed by atoms with Gasteiger partial charge in [-0.2, -0.15) is 5.10 Å². The third kappa shape index (κ3) is 3.19. The van der Waals surface area contributed by atoms with Gasteiger partial charge in [0.25, 0.3) is 0 Å². The van der Waals surface area contributed by atoms with Gasteiger partial charge in [-0.1, -0.05) is 6.42 Å². The van der Waals surface area contributed by atoms with Gasteiger partial charge in [-0.25, -0.2) is 9.97 Å². The molecule has 0 bridgehead atoms. The molecule has 5 nitrogen and oxygen atoms in total. The minimum Gasteiger partial charge on any atom is -0.293 e. The predicted octanol–water partition coefficient (Wildman–Crippen LogP) is 2.10. The summed E-state index contributed by atoms with van der Waals surface area (Å²) in [5, 5.41) is 5.38. The van der Waals surface area contributed by atoms with Gasteiger partial charge in [-0.3, -0.25) is 9.58 Å². The van der Waals surface area contributed by atoms with Crippen molar-refractivity contribution in [3.8, 4) is 0 Å². The Labute approximate surface area is 117 Å². The molecule has 0 amide bonds. The molecule has 2 aromatic heterocycles. The van der Waals surface area contributed by atoms with Gasteiger partial charge in [0.15, 0.2) is 0 Å². The highest BCUT2D eigenvalue weighted by atomic mass is 32.1. The van der Waals surface area contributed by atoms with Crippen LogP contribution in [0.2, 0.25) is 0 Å². The summed E-state index contributed by atoms with van der Waals surface area (Å²) < 4.78 is 1.95. The first-order valence-electron chi connectivity index (χ1n) is 6.79. The van der Waals surface area contributed by atoms with E-state index in [1.165, 1.54) is 30.7 Å². The van der Waals surface area contributed by atoms with Gasteiger partial charge in [0.2, 0.25) is 0 Å². The zero-order valence-corrected chi connectivity index (χ0v) is 12.0. The van der Waals surface area contributed by atoms with E-state index in [1.807, 2.05) is 17.2 Å². The molecule has 0 radical (unpaired) electrons. The Morgan fingerprint density at radius 1 is 1.42 bits per heavy atom. The second-order valence-corrected chi connectivity index (χ2v) is 6.40. The average molecular weight is 277 g/mol. The van der Waals surface area contributed by atoms with Crippen molar-refractivity contribution in [2.24, 2.45) is 0 Å². The SMILES string of the molecule is Cc1ncc(CN2CCCC[C@H]2Cn2cncn2)s1. The Balaban J connectivity index is 1.66. The summed E-state index contributed by atoms with van der Waals surface area (Å²) in [4.78, 5) is 12.3. The molecule has 6 heteroatoms. The van der Waals surface area contributed by atoms with Gasteiger partial charge >= 0.3 is 0 Å². The Morgan fingerprint density at radius 3 is 3.11 bits per heavy atom. The molecule has 2 aromatic rings. The summed E-state index contributed by atoms with van der Waals surface area (Å²) >= 11 is 1.80. The van der Waals surface area contributed by atoms with Gasteiger partial charge in [0.05, 0.1) is 11.6 Å². The number of hydrogen-bond acceptors (Lipinski definition) is 5. The van der Waals surface area contributed by atoms with Crippen LogP contribution < -0.4 is 0 Å². The van der Waals surface area contributed by atoms with E-state index in [1.54, 1.807) is 17.7 Å². The average Bonchev–Trinajstić information content (AvgIpc) is 3.04. The van der Waals surface area contributed by atoms with Crippen molar-refractivity contribution in [3.63, 3.8) is 0 Å². The first-order valence-corrected chi connectivity index (χ1v) is 7.60. The molecular formula is C13H19N5S. The summed E-state index contributed by atoms with van der Waals surface area (Å²) in [7, 11) is 0. The molecule has 102 valence electrons. The monoisotopic (exact) mass is 277 g/mol. The Kier molecular flexibility index (Phi) is 3.89. The van der Waals surface area contributed by atoms with E-state index in [4.69, 9.17) is 0 Å². The number of hydrogen-bond donors (Lipinski definition) is 0. The maximum absolute atomic E-state index is 4.35. The molecule has 1 fully saturated rings. The highest BCUT2D eigenvalue weighted by Crippen LogP contribution is 2.22. The third-order valence-corrected chi connectivity index (χ3v) is 4.54. The first-order chi connectivity index (χ1) is 9.31. The molecule has 3 rings (SSSR count). The van der Waals surface area contributed by atoms with Gasteiger partial charge in [0.1, 0.15) is 12.7 Å². The van der Waals surface area contributed by atoms with Gasteiger partial charge < -0.3 is 0 Å². The molecule has 0 spiro atoms. The molecule has 1 aliphatic rings. The molecule has 0 aromatic carbocycles. The van der Waals surface area contributed by atoms with E-state index >= 15 is 0 Å². The van der Waals surface area contributed by atoms with E-state index in [-0.39, 0.29) is 0 Å². The van der Waals surface area contributed by atoms with Crippen LogP contribution in [0.3, 0.4) is 0 Å². The van der Waals surface area contributed by atoms with Crippen LogP contribution in [0.25, 0.3) is 0 Å². The van der Waals surface area contributed by atoms with Crippen LogP contribution in [-0.2, 0) is 13.1 Å². The quantitative estimate of drug-likeness (QED) is 0.858. The number of thiazole rings is 1. The number of likely N-dealkylation sites (tertiary alicyclic amines) is 1. The summed E-state index contributed by atoms with van der Waals surface area (Å²) in [5.41, 5.74) is 0. The minimum atomic E-state index is 0.567. The van der Waals surface area contributed by atoms with Crippen molar-refractivity contribution >= 4 is 11.3 Å². The summed E-state index contributed by atoms with van der Waals surface area (Å²) in [6, 6.07) is 0.567. The van der Waals surface area contributed by atoms with E-state index in [9.17, 15) is 0 Å². The van der Waals surface area contributed by atoms with Crippen molar-refractivity contribution in [2.75, 3.05) is 6.54 Å². The Bertz CT molecular complexity index is 507. The topological polar surface area (TPSA) is 46.8 Å². The largest absolute Gasteiger partial charge is 0.293 e. The fourth-order valence-electron chi connectivity index (χ4n) is 2.70. The molecular weight excluding hydrogens is 258 g/mol. The van der Waals surface area contributed by atoms with Gasteiger partial charge in [-0.05, 0) is 26.3 Å². The highest BCUT2D eigenvalue weighted by Gasteiger charge is 2.23. The van der Waals surface area contributed by atoms with Crippen molar-refractivity contribution in [1.82, 2.24) is 24.6 Å².